The van der Waals surface area contributed by atoms with E-state index in [2.05, 4.69) is 4.74 Å². The van der Waals surface area contributed by atoms with Gasteiger partial charge in [-0.2, -0.15) is 4.39 Å². The first-order valence-electron chi connectivity index (χ1n) is 6.35. The standard InChI is InChI=1S/C16H12F3NO/c1-21-13-7-6-11(14(17)15(13)18)16(19)20-9-8-10-4-2-3-5-12(10)20/h2-9,16H,1H3. The molecule has 1 heterocycles. The van der Waals surface area contributed by atoms with Crippen LogP contribution < -0.4 is 4.74 Å². The van der Waals surface area contributed by atoms with Crippen LogP contribution in [0.25, 0.3) is 10.9 Å². The Labute approximate surface area is 119 Å². The first-order valence-corrected chi connectivity index (χ1v) is 6.35. The van der Waals surface area contributed by atoms with Gasteiger partial charge >= 0.3 is 0 Å². The number of ether oxygens (including phenoxy) is 1. The highest BCUT2D eigenvalue weighted by molar-refractivity contribution is 5.80. The molecule has 0 fully saturated rings. The Hall–Kier alpha value is -2.43. The molecule has 21 heavy (non-hydrogen) atoms. The van der Waals surface area contributed by atoms with Crippen molar-refractivity contribution in [1.29, 1.82) is 0 Å². The summed E-state index contributed by atoms with van der Waals surface area (Å²) in [6.07, 6.45) is -0.304. The van der Waals surface area contributed by atoms with Crippen molar-refractivity contribution in [3.05, 3.63) is 65.9 Å². The minimum Gasteiger partial charge on any atom is -0.494 e. The minimum atomic E-state index is -1.81. The molecule has 2 nitrogen and oxygen atoms in total. The lowest BCUT2D eigenvalue weighted by atomic mass is 10.1. The summed E-state index contributed by atoms with van der Waals surface area (Å²) < 4.78 is 48.2. The molecule has 3 aromatic rings. The SMILES string of the molecule is COc1ccc(C(F)n2ccc3ccccc32)c(F)c1F. The molecule has 0 saturated carbocycles. The minimum absolute atomic E-state index is 0.249. The van der Waals surface area contributed by atoms with Crippen LogP contribution >= 0.6 is 0 Å². The first-order chi connectivity index (χ1) is 10.1. The van der Waals surface area contributed by atoms with Crippen molar-refractivity contribution in [3.8, 4) is 5.75 Å². The van der Waals surface area contributed by atoms with Crippen molar-refractivity contribution >= 4 is 10.9 Å². The molecule has 0 N–H and O–H groups in total. The molecule has 0 aliphatic carbocycles. The summed E-state index contributed by atoms with van der Waals surface area (Å²) in [6.45, 7) is 0. The summed E-state index contributed by atoms with van der Waals surface area (Å²) in [4.78, 5) is 0. The maximum atomic E-state index is 14.6. The normalized spacial score (nSPS) is 12.6. The van der Waals surface area contributed by atoms with Gasteiger partial charge in [-0.25, -0.2) is 8.78 Å². The van der Waals surface area contributed by atoms with Crippen molar-refractivity contribution in [3.63, 3.8) is 0 Å². The number of alkyl halides is 1. The number of nitrogens with zero attached hydrogens (tertiary/aromatic N) is 1. The zero-order valence-electron chi connectivity index (χ0n) is 11.2. The van der Waals surface area contributed by atoms with Crippen molar-refractivity contribution < 1.29 is 17.9 Å². The van der Waals surface area contributed by atoms with Gasteiger partial charge in [0.2, 0.25) is 12.1 Å². The lowest BCUT2D eigenvalue weighted by Crippen LogP contribution is -2.08. The van der Waals surface area contributed by atoms with Crippen LogP contribution in [0, 0.1) is 11.6 Å². The molecule has 2 aromatic carbocycles. The van der Waals surface area contributed by atoms with E-state index in [1.54, 1.807) is 18.2 Å². The summed E-state index contributed by atoms with van der Waals surface area (Å²) in [5.41, 5.74) is 0.246. The van der Waals surface area contributed by atoms with Crippen LogP contribution in [0.15, 0.2) is 48.7 Å². The van der Waals surface area contributed by atoms with E-state index in [1.165, 1.54) is 30.0 Å². The van der Waals surface area contributed by atoms with Gasteiger partial charge in [-0.15, -0.1) is 0 Å². The van der Waals surface area contributed by atoms with Crippen LogP contribution in [0.2, 0.25) is 0 Å². The molecule has 1 unspecified atom stereocenters. The molecule has 0 bridgehead atoms. The first kappa shape index (κ1) is 13.5. The molecule has 0 aliphatic heterocycles. The van der Waals surface area contributed by atoms with E-state index in [9.17, 15) is 13.2 Å². The van der Waals surface area contributed by atoms with Crippen LogP contribution in [-0.4, -0.2) is 11.7 Å². The molecule has 3 rings (SSSR count). The number of hydrogen-bond donors (Lipinski definition) is 0. The highest BCUT2D eigenvalue weighted by Gasteiger charge is 2.22. The fraction of sp³-hybridized carbons (Fsp3) is 0.125. The molecule has 1 aromatic heterocycles. The summed E-state index contributed by atoms with van der Waals surface area (Å²) in [6, 6.07) is 11.3. The fourth-order valence-electron chi connectivity index (χ4n) is 2.34. The highest BCUT2D eigenvalue weighted by atomic mass is 19.2. The van der Waals surface area contributed by atoms with E-state index in [0.717, 1.165) is 5.39 Å². The van der Waals surface area contributed by atoms with Gasteiger partial charge in [-0.05, 0) is 29.7 Å². The van der Waals surface area contributed by atoms with Crippen LogP contribution in [0.5, 0.6) is 5.75 Å². The number of methoxy groups -OCH3 is 1. The Kier molecular flexibility index (Phi) is 3.33. The van der Waals surface area contributed by atoms with Crippen LogP contribution in [0.3, 0.4) is 0 Å². The topological polar surface area (TPSA) is 14.2 Å². The fourth-order valence-corrected chi connectivity index (χ4v) is 2.34. The maximum absolute atomic E-state index is 14.6. The molecule has 0 radical (unpaired) electrons. The molecule has 108 valence electrons. The van der Waals surface area contributed by atoms with Gasteiger partial charge in [0.25, 0.3) is 0 Å². The smallest absolute Gasteiger partial charge is 0.205 e. The quantitative estimate of drug-likeness (QED) is 0.695. The van der Waals surface area contributed by atoms with Crippen molar-refractivity contribution in [2.24, 2.45) is 0 Å². The van der Waals surface area contributed by atoms with Crippen molar-refractivity contribution in [1.82, 2.24) is 4.57 Å². The number of hydrogen-bond acceptors (Lipinski definition) is 1. The Morgan fingerprint density at radius 2 is 1.76 bits per heavy atom. The molecule has 0 amide bonds. The predicted molar refractivity (Wildman–Crippen MR) is 74.1 cm³/mol. The lowest BCUT2D eigenvalue weighted by Gasteiger charge is -2.14. The number of fused-ring (bicyclic) bond motifs is 1. The van der Waals surface area contributed by atoms with Crippen LogP contribution in [-0.2, 0) is 0 Å². The number of benzene rings is 2. The second-order valence-corrected chi connectivity index (χ2v) is 4.60. The highest BCUT2D eigenvalue weighted by Crippen LogP contribution is 2.31. The van der Waals surface area contributed by atoms with Gasteiger partial charge in [-0.3, -0.25) is 0 Å². The van der Waals surface area contributed by atoms with Crippen molar-refractivity contribution in [2.45, 2.75) is 6.30 Å². The average molecular weight is 291 g/mol. The third-order valence-corrected chi connectivity index (χ3v) is 3.43. The van der Waals surface area contributed by atoms with Gasteiger partial charge in [0.15, 0.2) is 11.6 Å². The molecule has 0 spiro atoms. The van der Waals surface area contributed by atoms with E-state index in [1.807, 2.05) is 12.1 Å². The summed E-state index contributed by atoms with van der Waals surface area (Å²) in [7, 11) is 1.23. The van der Waals surface area contributed by atoms with Gasteiger partial charge in [-0.1, -0.05) is 18.2 Å². The number of para-hydroxylation sites is 1. The van der Waals surface area contributed by atoms with Crippen LogP contribution in [0.4, 0.5) is 13.2 Å². The average Bonchev–Trinajstić information content (AvgIpc) is 2.93. The van der Waals surface area contributed by atoms with Gasteiger partial charge < -0.3 is 9.30 Å². The number of aromatic nitrogens is 1. The Morgan fingerprint density at radius 1 is 1.00 bits per heavy atom. The molecular weight excluding hydrogens is 279 g/mol. The van der Waals surface area contributed by atoms with E-state index in [0.29, 0.717) is 5.52 Å². The van der Waals surface area contributed by atoms with E-state index in [-0.39, 0.29) is 11.3 Å². The van der Waals surface area contributed by atoms with Gasteiger partial charge in [0.05, 0.1) is 12.6 Å². The Bertz CT molecular complexity index is 797. The molecular formula is C16H12F3NO. The molecule has 5 heteroatoms. The summed E-state index contributed by atoms with van der Waals surface area (Å²) in [5, 5.41) is 0.828. The Balaban J connectivity index is 2.10. The number of rotatable bonds is 3. The largest absolute Gasteiger partial charge is 0.494 e. The zero-order chi connectivity index (χ0) is 15.0. The predicted octanol–water partition coefficient (Wildman–Crippen LogP) is 4.44. The molecule has 1 atom stereocenters. The van der Waals surface area contributed by atoms with Gasteiger partial charge in [0.1, 0.15) is 0 Å². The monoisotopic (exact) mass is 291 g/mol. The number of halogens is 3. The Morgan fingerprint density at radius 3 is 2.52 bits per heavy atom. The molecule has 0 aliphatic rings. The maximum Gasteiger partial charge on any atom is 0.205 e. The van der Waals surface area contributed by atoms with E-state index >= 15 is 0 Å². The van der Waals surface area contributed by atoms with Crippen molar-refractivity contribution in [2.75, 3.05) is 7.11 Å². The van der Waals surface area contributed by atoms with E-state index < -0.39 is 17.9 Å². The molecule has 0 saturated heterocycles. The second kappa shape index (κ2) is 5.16. The van der Waals surface area contributed by atoms with E-state index in [4.69, 9.17) is 0 Å². The summed E-state index contributed by atoms with van der Waals surface area (Å²) >= 11 is 0. The van der Waals surface area contributed by atoms with Gasteiger partial charge in [0, 0.05) is 11.8 Å². The third-order valence-electron chi connectivity index (χ3n) is 3.43. The lowest BCUT2D eigenvalue weighted by molar-refractivity contribution is 0.286. The summed E-state index contributed by atoms with van der Waals surface area (Å²) in [5.74, 6) is -2.67. The third kappa shape index (κ3) is 2.14. The van der Waals surface area contributed by atoms with Crippen LogP contribution in [0.1, 0.15) is 11.9 Å². The zero-order valence-corrected chi connectivity index (χ0v) is 11.2. The second-order valence-electron chi connectivity index (χ2n) is 4.60.